The molecular formula is C19H22N2O4. The highest BCUT2D eigenvalue weighted by atomic mass is 16.5. The number of hydrogen-bond acceptors (Lipinski definition) is 5. The van der Waals surface area contributed by atoms with Crippen LogP contribution in [0.1, 0.15) is 12.0 Å². The zero-order valence-electron chi connectivity index (χ0n) is 14.2. The normalized spacial score (nSPS) is 19.7. The molecule has 132 valence electrons. The molecule has 0 bridgehead atoms. The van der Waals surface area contributed by atoms with Crippen LogP contribution in [0, 0.1) is 6.92 Å². The first-order valence-electron chi connectivity index (χ1n) is 8.27. The Hall–Kier alpha value is -2.60. The van der Waals surface area contributed by atoms with E-state index in [1.165, 1.54) is 0 Å². The molecule has 2 aromatic rings. The van der Waals surface area contributed by atoms with Crippen molar-refractivity contribution in [2.75, 3.05) is 26.3 Å². The smallest absolute Gasteiger partial charge is 0.260 e. The van der Waals surface area contributed by atoms with Gasteiger partial charge in [0, 0.05) is 12.7 Å². The number of carbonyl (C=O) groups excluding carboxylic acids is 1. The van der Waals surface area contributed by atoms with E-state index < -0.39 is 5.60 Å². The van der Waals surface area contributed by atoms with Gasteiger partial charge in [0.1, 0.15) is 23.7 Å². The summed E-state index contributed by atoms with van der Waals surface area (Å²) in [7, 11) is 0. The predicted octanol–water partition coefficient (Wildman–Crippen LogP) is 1.81. The first kappa shape index (κ1) is 17.2. The summed E-state index contributed by atoms with van der Waals surface area (Å²) >= 11 is 0. The van der Waals surface area contributed by atoms with Crippen molar-refractivity contribution in [3.05, 3.63) is 54.4 Å². The van der Waals surface area contributed by atoms with E-state index in [4.69, 9.17) is 9.47 Å². The number of benzene rings is 1. The first-order chi connectivity index (χ1) is 12.0. The average molecular weight is 342 g/mol. The summed E-state index contributed by atoms with van der Waals surface area (Å²) in [5, 5.41) is 10.7. The standard InChI is InChI=1S/C19H22N2O4/c1-15-4-2-5-16(10-15)25-14-19(23)7-9-21(13-19)18(22)12-24-17-6-3-8-20-11-17/h2-6,8,10-11,23H,7,9,12-14H2,1H3/t19-/m0/s1. The fraction of sp³-hybridized carbons (Fsp3) is 0.368. The molecule has 1 aliphatic heterocycles. The van der Waals surface area contributed by atoms with Crippen LogP contribution >= 0.6 is 0 Å². The first-order valence-corrected chi connectivity index (χ1v) is 8.27. The van der Waals surface area contributed by atoms with E-state index >= 15 is 0 Å². The molecule has 25 heavy (non-hydrogen) atoms. The van der Waals surface area contributed by atoms with Crippen molar-refractivity contribution >= 4 is 5.91 Å². The summed E-state index contributed by atoms with van der Waals surface area (Å²) in [6, 6.07) is 11.2. The van der Waals surface area contributed by atoms with Crippen molar-refractivity contribution in [2.24, 2.45) is 0 Å². The summed E-state index contributed by atoms with van der Waals surface area (Å²) in [6.45, 7) is 2.81. The maximum Gasteiger partial charge on any atom is 0.260 e. The molecule has 0 radical (unpaired) electrons. The zero-order chi connectivity index (χ0) is 17.7. The number of hydrogen-bond donors (Lipinski definition) is 1. The minimum absolute atomic E-state index is 0.0689. The topological polar surface area (TPSA) is 71.9 Å². The van der Waals surface area contributed by atoms with Crippen molar-refractivity contribution in [1.82, 2.24) is 9.88 Å². The third kappa shape index (κ3) is 4.70. The lowest BCUT2D eigenvalue weighted by molar-refractivity contribution is -0.133. The number of amides is 1. The number of aryl methyl sites for hydroxylation is 1. The van der Waals surface area contributed by atoms with Gasteiger partial charge in [-0.15, -0.1) is 0 Å². The summed E-state index contributed by atoms with van der Waals surface area (Å²) in [5.74, 6) is 1.11. The maximum atomic E-state index is 12.3. The van der Waals surface area contributed by atoms with Gasteiger partial charge < -0.3 is 19.5 Å². The van der Waals surface area contributed by atoms with E-state index in [0.717, 1.165) is 11.3 Å². The van der Waals surface area contributed by atoms with Crippen molar-refractivity contribution in [3.63, 3.8) is 0 Å². The Morgan fingerprint density at radius 2 is 2.12 bits per heavy atom. The Morgan fingerprint density at radius 1 is 1.28 bits per heavy atom. The van der Waals surface area contributed by atoms with E-state index in [1.807, 2.05) is 31.2 Å². The number of nitrogens with zero attached hydrogens (tertiary/aromatic N) is 2. The van der Waals surface area contributed by atoms with Gasteiger partial charge in [-0.05, 0) is 43.2 Å². The van der Waals surface area contributed by atoms with Gasteiger partial charge in [0.25, 0.3) is 5.91 Å². The second kappa shape index (κ2) is 7.53. The highest BCUT2D eigenvalue weighted by molar-refractivity contribution is 5.78. The number of aromatic nitrogens is 1. The number of ether oxygens (including phenoxy) is 2. The molecule has 6 nitrogen and oxygen atoms in total. The van der Waals surface area contributed by atoms with Gasteiger partial charge in [-0.2, -0.15) is 0 Å². The minimum atomic E-state index is -1.03. The summed E-state index contributed by atoms with van der Waals surface area (Å²) in [6.07, 6.45) is 3.68. The second-order valence-corrected chi connectivity index (χ2v) is 6.37. The van der Waals surface area contributed by atoms with Gasteiger partial charge in [-0.3, -0.25) is 9.78 Å². The van der Waals surface area contributed by atoms with Gasteiger partial charge in [0.2, 0.25) is 0 Å². The fourth-order valence-corrected chi connectivity index (χ4v) is 2.78. The molecule has 0 unspecified atom stereocenters. The predicted molar refractivity (Wildman–Crippen MR) is 92.6 cm³/mol. The Bertz CT molecular complexity index is 722. The lowest BCUT2D eigenvalue weighted by atomic mass is 10.1. The van der Waals surface area contributed by atoms with Gasteiger partial charge in [-0.1, -0.05) is 12.1 Å². The number of aliphatic hydroxyl groups is 1. The molecule has 2 heterocycles. The Labute approximate surface area is 147 Å². The lowest BCUT2D eigenvalue weighted by Crippen LogP contribution is -2.41. The van der Waals surface area contributed by atoms with E-state index in [0.29, 0.717) is 18.7 Å². The van der Waals surface area contributed by atoms with Crippen LogP contribution in [0.25, 0.3) is 0 Å². The molecule has 1 N–H and O–H groups in total. The molecule has 0 aliphatic carbocycles. The molecule has 3 rings (SSSR count). The third-order valence-electron chi connectivity index (χ3n) is 4.18. The van der Waals surface area contributed by atoms with Gasteiger partial charge in [0.05, 0.1) is 12.7 Å². The van der Waals surface area contributed by atoms with Crippen LogP contribution in [0.3, 0.4) is 0 Å². The van der Waals surface area contributed by atoms with Gasteiger partial charge in [0.15, 0.2) is 6.61 Å². The summed E-state index contributed by atoms with van der Waals surface area (Å²) in [5.41, 5.74) is 0.0634. The lowest BCUT2D eigenvalue weighted by Gasteiger charge is -2.23. The Morgan fingerprint density at radius 3 is 2.88 bits per heavy atom. The molecule has 1 fully saturated rings. The fourth-order valence-electron chi connectivity index (χ4n) is 2.78. The molecular weight excluding hydrogens is 320 g/mol. The molecule has 1 atom stereocenters. The van der Waals surface area contributed by atoms with Gasteiger partial charge in [-0.25, -0.2) is 0 Å². The zero-order valence-corrected chi connectivity index (χ0v) is 14.2. The van der Waals surface area contributed by atoms with Crippen molar-refractivity contribution in [2.45, 2.75) is 18.9 Å². The molecule has 1 aromatic heterocycles. The quantitative estimate of drug-likeness (QED) is 0.867. The van der Waals surface area contributed by atoms with Crippen LogP contribution in [-0.4, -0.2) is 52.8 Å². The number of carbonyl (C=O) groups is 1. The van der Waals surface area contributed by atoms with Crippen LogP contribution in [0.4, 0.5) is 0 Å². The van der Waals surface area contributed by atoms with E-state index in [1.54, 1.807) is 29.4 Å². The van der Waals surface area contributed by atoms with Crippen molar-refractivity contribution in [3.8, 4) is 11.5 Å². The van der Waals surface area contributed by atoms with Crippen LogP contribution in [0.15, 0.2) is 48.8 Å². The average Bonchev–Trinajstić information content (AvgIpc) is 3.02. The number of pyridine rings is 1. The summed E-state index contributed by atoms with van der Waals surface area (Å²) < 4.78 is 11.1. The highest BCUT2D eigenvalue weighted by Crippen LogP contribution is 2.23. The minimum Gasteiger partial charge on any atom is -0.491 e. The molecule has 6 heteroatoms. The third-order valence-corrected chi connectivity index (χ3v) is 4.18. The van der Waals surface area contributed by atoms with Crippen molar-refractivity contribution < 1.29 is 19.4 Å². The molecule has 1 saturated heterocycles. The Balaban J connectivity index is 1.49. The molecule has 1 amide bonds. The second-order valence-electron chi connectivity index (χ2n) is 6.37. The maximum absolute atomic E-state index is 12.3. The Kier molecular flexibility index (Phi) is 5.19. The number of rotatable bonds is 6. The van der Waals surface area contributed by atoms with Crippen LogP contribution < -0.4 is 9.47 Å². The molecule has 1 aliphatic rings. The van der Waals surface area contributed by atoms with Crippen LogP contribution in [0.2, 0.25) is 0 Å². The SMILES string of the molecule is Cc1cccc(OC[C@]2(O)CCN(C(=O)COc3cccnc3)C2)c1. The molecule has 0 spiro atoms. The number of likely N-dealkylation sites (tertiary alicyclic amines) is 1. The van der Waals surface area contributed by atoms with E-state index in [-0.39, 0.29) is 25.7 Å². The van der Waals surface area contributed by atoms with Crippen LogP contribution in [0.5, 0.6) is 11.5 Å². The van der Waals surface area contributed by atoms with Gasteiger partial charge >= 0.3 is 0 Å². The van der Waals surface area contributed by atoms with Crippen molar-refractivity contribution in [1.29, 1.82) is 0 Å². The van der Waals surface area contributed by atoms with E-state index in [2.05, 4.69) is 4.98 Å². The number of β-amino-alcohol motifs (C(OH)–C–C–N with tert-alkyl or cyclic N) is 1. The largest absolute Gasteiger partial charge is 0.491 e. The van der Waals surface area contributed by atoms with E-state index in [9.17, 15) is 9.90 Å². The monoisotopic (exact) mass is 342 g/mol. The molecule has 0 saturated carbocycles. The summed E-state index contributed by atoms with van der Waals surface area (Å²) in [4.78, 5) is 17.8. The van der Waals surface area contributed by atoms with Crippen LogP contribution in [-0.2, 0) is 4.79 Å². The highest BCUT2D eigenvalue weighted by Gasteiger charge is 2.39. The molecule has 1 aromatic carbocycles.